The number of aromatic nitrogens is 2. The summed E-state index contributed by atoms with van der Waals surface area (Å²) in [4.78, 5) is 19.3. The minimum atomic E-state index is -0.111. The molecule has 4 rings (SSSR count). The van der Waals surface area contributed by atoms with Crippen LogP contribution in [0.2, 0.25) is 0 Å². The number of carbonyl (C=O) groups excluding carboxylic acids is 1. The Morgan fingerprint density at radius 1 is 1.00 bits per heavy atom. The van der Waals surface area contributed by atoms with Crippen molar-refractivity contribution >= 4 is 17.2 Å². The molecule has 1 amide bonds. The van der Waals surface area contributed by atoms with Gasteiger partial charge in [0.2, 0.25) is 0 Å². The molecule has 0 aliphatic carbocycles. The Bertz CT molecular complexity index is 1120. The lowest BCUT2D eigenvalue weighted by molar-refractivity contribution is -0.120. The smallest absolute Gasteiger partial charge is 0.265 e. The molecule has 0 aliphatic rings. The molecule has 5 nitrogen and oxygen atoms in total. The van der Waals surface area contributed by atoms with Gasteiger partial charge in [0.1, 0.15) is 11.4 Å². The summed E-state index contributed by atoms with van der Waals surface area (Å²) in [7, 11) is 0. The van der Waals surface area contributed by atoms with Crippen LogP contribution in [0.25, 0.3) is 5.65 Å². The Kier molecular flexibility index (Phi) is 5.80. The number of benzene rings is 2. The van der Waals surface area contributed by atoms with Crippen LogP contribution in [-0.2, 0) is 11.3 Å². The molecule has 0 saturated heterocycles. The van der Waals surface area contributed by atoms with Crippen molar-refractivity contribution in [2.45, 2.75) is 26.3 Å². The van der Waals surface area contributed by atoms with E-state index in [2.05, 4.69) is 18.8 Å². The van der Waals surface area contributed by atoms with Crippen LogP contribution in [0.15, 0.2) is 85.2 Å². The first-order valence-electron chi connectivity index (χ1n) is 10.1. The molecule has 5 heteroatoms. The molecule has 2 aromatic carbocycles. The van der Waals surface area contributed by atoms with E-state index >= 15 is 0 Å². The molecule has 30 heavy (non-hydrogen) atoms. The van der Waals surface area contributed by atoms with Crippen molar-refractivity contribution in [1.82, 2.24) is 9.38 Å². The molecule has 0 saturated carbocycles. The SMILES string of the molecule is CC(C)c1ccc(OCC(=O)N(Cc2cnc3ccccn23)c2ccccc2)cc1. The molecule has 0 spiro atoms. The summed E-state index contributed by atoms with van der Waals surface area (Å²) in [5, 5.41) is 0. The summed E-state index contributed by atoms with van der Waals surface area (Å²) in [6.07, 6.45) is 3.77. The third-order valence-electron chi connectivity index (χ3n) is 5.09. The lowest BCUT2D eigenvalue weighted by Crippen LogP contribution is -2.34. The third kappa shape index (κ3) is 4.35. The highest BCUT2D eigenvalue weighted by Crippen LogP contribution is 2.21. The lowest BCUT2D eigenvalue weighted by Gasteiger charge is -2.23. The van der Waals surface area contributed by atoms with Crippen LogP contribution in [0.5, 0.6) is 5.75 Å². The highest BCUT2D eigenvalue weighted by Gasteiger charge is 2.19. The number of nitrogens with zero attached hydrogens (tertiary/aromatic N) is 3. The molecule has 0 radical (unpaired) electrons. The Morgan fingerprint density at radius 2 is 1.73 bits per heavy atom. The van der Waals surface area contributed by atoms with Gasteiger partial charge < -0.3 is 14.0 Å². The minimum Gasteiger partial charge on any atom is -0.484 e. The van der Waals surface area contributed by atoms with Gasteiger partial charge in [-0.3, -0.25) is 4.79 Å². The van der Waals surface area contributed by atoms with Crippen LogP contribution in [0.3, 0.4) is 0 Å². The van der Waals surface area contributed by atoms with E-state index in [0.717, 1.165) is 17.0 Å². The fourth-order valence-corrected chi connectivity index (χ4v) is 3.37. The fraction of sp³-hybridized carbons (Fsp3) is 0.200. The molecular formula is C25H25N3O2. The van der Waals surface area contributed by atoms with E-state index < -0.39 is 0 Å². The molecule has 0 bridgehead atoms. The number of hydrogen-bond donors (Lipinski definition) is 0. The first-order valence-corrected chi connectivity index (χ1v) is 10.1. The maximum absolute atomic E-state index is 13.1. The van der Waals surface area contributed by atoms with Crippen LogP contribution < -0.4 is 9.64 Å². The van der Waals surface area contributed by atoms with Gasteiger partial charge in [-0.2, -0.15) is 0 Å². The highest BCUT2D eigenvalue weighted by atomic mass is 16.5. The maximum Gasteiger partial charge on any atom is 0.265 e. The van der Waals surface area contributed by atoms with Crippen LogP contribution in [0.1, 0.15) is 31.0 Å². The normalized spacial score (nSPS) is 11.0. The van der Waals surface area contributed by atoms with Crippen molar-refractivity contribution in [2.75, 3.05) is 11.5 Å². The van der Waals surface area contributed by atoms with E-state index in [1.54, 1.807) is 4.90 Å². The second kappa shape index (κ2) is 8.82. The molecule has 152 valence electrons. The quantitative estimate of drug-likeness (QED) is 0.436. The highest BCUT2D eigenvalue weighted by molar-refractivity contribution is 5.94. The number of pyridine rings is 1. The number of fused-ring (bicyclic) bond motifs is 1. The van der Waals surface area contributed by atoms with Crippen molar-refractivity contribution in [3.05, 3.63) is 96.4 Å². The van der Waals surface area contributed by atoms with Crippen LogP contribution in [0, 0.1) is 0 Å². The number of imidazole rings is 1. The van der Waals surface area contributed by atoms with Gasteiger partial charge >= 0.3 is 0 Å². The number of anilines is 1. The van der Waals surface area contributed by atoms with Crippen molar-refractivity contribution < 1.29 is 9.53 Å². The molecule has 0 atom stereocenters. The molecule has 2 heterocycles. The van der Waals surface area contributed by atoms with Gasteiger partial charge in [-0.15, -0.1) is 0 Å². The average Bonchev–Trinajstić information content (AvgIpc) is 3.19. The van der Waals surface area contributed by atoms with E-state index in [1.165, 1.54) is 5.56 Å². The molecular weight excluding hydrogens is 374 g/mol. The zero-order valence-electron chi connectivity index (χ0n) is 17.2. The largest absolute Gasteiger partial charge is 0.484 e. The second-order valence-electron chi connectivity index (χ2n) is 7.51. The monoisotopic (exact) mass is 399 g/mol. The Hall–Kier alpha value is -3.60. The predicted molar refractivity (Wildman–Crippen MR) is 119 cm³/mol. The van der Waals surface area contributed by atoms with E-state index in [0.29, 0.717) is 18.2 Å². The number of ether oxygens (including phenoxy) is 1. The van der Waals surface area contributed by atoms with Crippen LogP contribution in [-0.4, -0.2) is 21.9 Å². The molecule has 4 aromatic rings. The van der Waals surface area contributed by atoms with Gasteiger partial charge in [-0.1, -0.05) is 50.2 Å². The Morgan fingerprint density at radius 3 is 2.47 bits per heavy atom. The molecule has 2 aromatic heterocycles. The number of amides is 1. The van der Waals surface area contributed by atoms with Crippen molar-refractivity contribution in [2.24, 2.45) is 0 Å². The summed E-state index contributed by atoms with van der Waals surface area (Å²) in [6.45, 7) is 4.67. The lowest BCUT2D eigenvalue weighted by atomic mass is 10.0. The van der Waals surface area contributed by atoms with Gasteiger partial charge in [0, 0.05) is 11.9 Å². The Balaban J connectivity index is 1.53. The summed E-state index contributed by atoms with van der Waals surface area (Å²) >= 11 is 0. The van der Waals surface area contributed by atoms with E-state index in [4.69, 9.17) is 4.74 Å². The fourth-order valence-electron chi connectivity index (χ4n) is 3.37. The maximum atomic E-state index is 13.1. The minimum absolute atomic E-state index is 0.0351. The van der Waals surface area contributed by atoms with E-state index in [-0.39, 0.29) is 12.5 Å². The summed E-state index contributed by atoms with van der Waals surface area (Å²) in [6, 6.07) is 23.4. The first-order chi connectivity index (χ1) is 14.6. The van der Waals surface area contributed by atoms with Gasteiger partial charge in [0.25, 0.3) is 5.91 Å². The van der Waals surface area contributed by atoms with Crippen molar-refractivity contribution in [3.8, 4) is 5.75 Å². The van der Waals surface area contributed by atoms with E-state index in [9.17, 15) is 4.79 Å². The van der Waals surface area contributed by atoms with E-state index in [1.807, 2.05) is 89.6 Å². The molecule has 0 unspecified atom stereocenters. The number of carbonyl (C=O) groups is 1. The second-order valence-corrected chi connectivity index (χ2v) is 7.51. The number of para-hydroxylation sites is 1. The predicted octanol–water partition coefficient (Wildman–Crippen LogP) is 5.07. The summed E-state index contributed by atoms with van der Waals surface area (Å²) in [5.41, 5.74) is 3.86. The molecule has 0 N–H and O–H groups in total. The van der Waals surface area contributed by atoms with Crippen molar-refractivity contribution in [1.29, 1.82) is 0 Å². The van der Waals surface area contributed by atoms with Gasteiger partial charge in [0.05, 0.1) is 18.4 Å². The zero-order chi connectivity index (χ0) is 20.9. The van der Waals surface area contributed by atoms with Gasteiger partial charge in [0.15, 0.2) is 6.61 Å². The Labute approximate surface area is 176 Å². The van der Waals surface area contributed by atoms with Crippen LogP contribution in [0.4, 0.5) is 5.69 Å². The standard InChI is InChI=1S/C25H25N3O2/c1-19(2)20-11-13-23(14-12-20)30-18-25(29)28(21-8-4-3-5-9-21)17-22-16-26-24-10-6-7-15-27(22)24/h3-16,19H,17-18H2,1-2H3. The van der Waals surface area contributed by atoms with Gasteiger partial charge in [-0.25, -0.2) is 4.98 Å². The topological polar surface area (TPSA) is 46.8 Å². The summed E-state index contributed by atoms with van der Waals surface area (Å²) in [5.74, 6) is 1.04. The van der Waals surface area contributed by atoms with Gasteiger partial charge in [-0.05, 0) is 47.9 Å². The number of hydrogen-bond acceptors (Lipinski definition) is 3. The number of rotatable bonds is 7. The molecule has 0 aliphatic heterocycles. The van der Waals surface area contributed by atoms with Crippen molar-refractivity contribution in [3.63, 3.8) is 0 Å². The third-order valence-corrected chi connectivity index (χ3v) is 5.09. The summed E-state index contributed by atoms with van der Waals surface area (Å²) < 4.78 is 7.79. The van der Waals surface area contributed by atoms with Crippen LogP contribution >= 0.6 is 0 Å². The average molecular weight is 399 g/mol. The zero-order valence-corrected chi connectivity index (χ0v) is 17.2. The molecule has 0 fully saturated rings. The first kappa shape index (κ1) is 19.7.